The van der Waals surface area contributed by atoms with Crippen LogP contribution in [-0.2, 0) is 49.6 Å². The quantitative estimate of drug-likeness (QED) is 0.0399. The number of rotatable bonds is 24. The van der Waals surface area contributed by atoms with Crippen molar-refractivity contribution in [2.45, 2.75) is 27.4 Å². The van der Waals surface area contributed by atoms with Crippen molar-refractivity contribution < 1.29 is 66.9 Å². The van der Waals surface area contributed by atoms with E-state index in [1.165, 1.54) is 26.4 Å². The molecule has 0 aromatic heterocycles. The Morgan fingerprint density at radius 1 is 0.576 bits per heavy atom. The van der Waals surface area contributed by atoms with E-state index in [9.17, 15) is 43.7 Å². The number of carbonyl (C=O) groups excluding carboxylic acids is 7. The lowest BCUT2D eigenvalue weighted by atomic mass is 10.1. The molecule has 0 spiro atoms. The van der Waals surface area contributed by atoms with Gasteiger partial charge in [-0.05, 0) is 51.1 Å². The van der Waals surface area contributed by atoms with E-state index in [-0.39, 0.29) is 147 Å². The molecule has 23 heteroatoms. The summed E-state index contributed by atoms with van der Waals surface area (Å²) in [4.78, 5) is 107. The van der Waals surface area contributed by atoms with Gasteiger partial charge in [-0.1, -0.05) is 0 Å². The molecule has 2 aromatic carbocycles. The van der Waals surface area contributed by atoms with Crippen LogP contribution in [-0.4, -0.2) is 198 Å². The van der Waals surface area contributed by atoms with Gasteiger partial charge >= 0.3 is 17.9 Å². The molecule has 3 rings (SSSR count). The SMILES string of the molecule is CCOC(=O)CNC(=O)CN1CCN(CC(=O)NCC(=O)OCC)CCN(CC(=O)c2ccc(OCc3cc(OC)c(OC)cc3[N+](=O)[O-])cc2)CCN(CC(=O)NCC(=O)OCC)CC1. The molecule has 1 fully saturated rings. The molecule has 3 amide bonds. The Morgan fingerprint density at radius 2 is 0.939 bits per heavy atom. The Balaban J connectivity index is 1.82. The van der Waals surface area contributed by atoms with Crippen molar-refractivity contribution in [2.75, 3.05) is 132 Å². The van der Waals surface area contributed by atoms with E-state index in [0.29, 0.717) is 17.1 Å². The molecule has 3 N–H and O–H groups in total. The molecule has 66 heavy (non-hydrogen) atoms. The Bertz CT molecular complexity index is 1900. The maximum atomic E-state index is 13.8. The van der Waals surface area contributed by atoms with Gasteiger partial charge in [-0.25, -0.2) is 0 Å². The number of hydrogen-bond acceptors (Lipinski definition) is 19. The lowest BCUT2D eigenvalue weighted by molar-refractivity contribution is -0.385. The van der Waals surface area contributed by atoms with Gasteiger partial charge in [0, 0.05) is 57.9 Å². The third-order valence-corrected chi connectivity index (χ3v) is 9.96. The molecule has 1 aliphatic heterocycles. The average molecular weight is 931 g/mol. The first-order chi connectivity index (χ1) is 31.7. The first kappa shape index (κ1) is 53.9. The summed E-state index contributed by atoms with van der Waals surface area (Å²) in [6.45, 7) is 6.06. The van der Waals surface area contributed by atoms with E-state index in [1.54, 1.807) is 45.0 Å². The summed E-state index contributed by atoms with van der Waals surface area (Å²) in [5.41, 5.74) is 0.381. The zero-order chi connectivity index (χ0) is 48.4. The average Bonchev–Trinajstić information content (AvgIpc) is 3.29. The molecule has 0 unspecified atom stereocenters. The summed E-state index contributed by atoms with van der Waals surface area (Å²) >= 11 is 0. The lowest BCUT2D eigenvalue weighted by Gasteiger charge is -2.33. The molecule has 1 heterocycles. The molecule has 1 saturated heterocycles. The number of nitrogens with zero attached hydrogens (tertiary/aromatic N) is 5. The number of ether oxygens (including phenoxy) is 6. The van der Waals surface area contributed by atoms with Gasteiger partial charge in [0.15, 0.2) is 17.3 Å². The Morgan fingerprint density at radius 3 is 1.29 bits per heavy atom. The van der Waals surface area contributed by atoms with E-state index >= 15 is 0 Å². The predicted octanol–water partition coefficient (Wildman–Crippen LogP) is -0.367. The van der Waals surface area contributed by atoms with Crippen molar-refractivity contribution in [1.29, 1.82) is 0 Å². The van der Waals surface area contributed by atoms with Crippen LogP contribution in [0.5, 0.6) is 17.2 Å². The number of Topliss-reactive ketones (excluding diaryl/α,β-unsaturated/α-hetero) is 1. The highest BCUT2D eigenvalue weighted by Gasteiger charge is 2.24. The van der Waals surface area contributed by atoms with Gasteiger partial charge in [0.2, 0.25) is 17.7 Å². The number of nitro groups is 1. The number of ketones is 1. The van der Waals surface area contributed by atoms with Crippen LogP contribution in [0.4, 0.5) is 5.69 Å². The van der Waals surface area contributed by atoms with Gasteiger partial charge in [0.05, 0.1) is 76.8 Å². The van der Waals surface area contributed by atoms with Crippen LogP contribution in [0.15, 0.2) is 36.4 Å². The Labute approximate surface area is 383 Å². The summed E-state index contributed by atoms with van der Waals surface area (Å²) < 4.78 is 31.1. The minimum absolute atomic E-state index is 0.0589. The molecule has 0 bridgehead atoms. The summed E-state index contributed by atoms with van der Waals surface area (Å²) in [5, 5.41) is 19.5. The largest absolute Gasteiger partial charge is 0.493 e. The van der Waals surface area contributed by atoms with Crippen LogP contribution in [0.1, 0.15) is 36.7 Å². The topological polar surface area (TPSA) is 267 Å². The molecule has 23 nitrogen and oxygen atoms in total. The molecule has 0 saturated carbocycles. The smallest absolute Gasteiger partial charge is 0.325 e. The van der Waals surface area contributed by atoms with Gasteiger partial charge < -0.3 is 44.4 Å². The molecule has 0 radical (unpaired) electrons. The monoisotopic (exact) mass is 930 g/mol. The summed E-state index contributed by atoms with van der Waals surface area (Å²) in [7, 11) is 2.79. The number of methoxy groups -OCH3 is 2. The van der Waals surface area contributed by atoms with E-state index in [0.717, 1.165) is 0 Å². The van der Waals surface area contributed by atoms with Crippen LogP contribution in [0.2, 0.25) is 0 Å². The number of carbonyl (C=O) groups is 7. The number of nitrogens with one attached hydrogen (secondary N) is 3. The van der Waals surface area contributed by atoms with E-state index in [1.807, 2.05) is 19.6 Å². The summed E-state index contributed by atoms with van der Waals surface area (Å²) in [6.07, 6.45) is 0. The molecular formula is C43H62N8O15. The van der Waals surface area contributed by atoms with Crippen molar-refractivity contribution in [1.82, 2.24) is 35.6 Å². The second kappa shape index (κ2) is 29.2. The number of esters is 3. The minimum Gasteiger partial charge on any atom is -0.493 e. The van der Waals surface area contributed by atoms with Crippen LogP contribution < -0.4 is 30.2 Å². The second-order valence-electron chi connectivity index (χ2n) is 14.7. The maximum absolute atomic E-state index is 13.8. The number of hydrogen-bond donors (Lipinski definition) is 3. The van der Waals surface area contributed by atoms with Crippen molar-refractivity contribution in [3.05, 3.63) is 57.6 Å². The van der Waals surface area contributed by atoms with Crippen molar-refractivity contribution >= 4 is 47.1 Å². The fourth-order valence-corrected chi connectivity index (χ4v) is 6.52. The summed E-state index contributed by atoms with van der Waals surface area (Å²) in [5.74, 6) is -2.53. The molecular weight excluding hydrogens is 869 g/mol. The van der Waals surface area contributed by atoms with Gasteiger partial charge in [0.1, 0.15) is 32.0 Å². The standard InChI is InChI=1S/C43H62N8O15/c1-6-63-41(56)23-44-38(53)27-48-15-13-47(26-35(52)31-9-11-33(12-10-31)66-30-32-21-36(61-4)37(62-5)22-34(32)51(59)60)14-16-49(28-39(54)45-24-42(57)64-7-2)18-20-50(19-17-48)29-40(55)46-25-43(58)65-8-3/h9-12,21-22H,6-8,13-20,23-30H2,1-5H3,(H,44,53)(H,45,54)(H,46,55). The molecule has 2 aromatic rings. The molecule has 0 aliphatic carbocycles. The van der Waals surface area contributed by atoms with E-state index < -0.39 is 40.6 Å². The van der Waals surface area contributed by atoms with Gasteiger partial charge in [0.25, 0.3) is 5.69 Å². The Kier molecular flexibility index (Phi) is 23.8. The maximum Gasteiger partial charge on any atom is 0.325 e. The zero-order valence-corrected chi connectivity index (χ0v) is 38.3. The lowest BCUT2D eigenvalue weighted by Crippen LogP contribution is -2.51. The summed E-state index contributed by atoms with van der Waals surface area (Å²) in [6, 6.07) is 9.03. The minimum atomic E-state index is -0.593. The van der Waals surface area contributed by atoms with Crippen LogP contribution in [0.3, 0.4) is 0 Å². The van der Waals surface area contributed by atoms with Crippen LogP contribution >= 0.6 is 0 Å². The van der Waals surface area contributed by atoms with Crippen molar-refractivity contribution in [2.24, 2.45) is 0 Å². The van der Waals surface area contributed by atoms with Crippen LogP contribution in [0, 0.1) is 10.1 Å². The van der Waals surface area contributed by atoms with Crippen molar-refractivity contribution in [3.8, 4) is 17.2 Å². The molecule has 364 valence electrons. The zero-order valence-electron chi connectivity index (χ0n) is 38.3. The van der Waals surface area contributed by atoms with Gasteiger partial charge in [-0.15, -0.1) is 0 Å². The van der Waals surface area contributed by atoms with Crippen LogP contribution in [0.25, 0.3) is 0 Å². The highest BCUT2D eigenvalue weighted by Crippen LogP contribution is 2.35. The van der Waals surface area contributed by atoms with Gasteiger partial charge in [-0.2, -0.15) is 0 Å². The Hall–Kier alpha value is -6.43. The molecule has 1 aliphatic rings. The number of nitro benzene ring substituents is 1. The van der Waals surface area contributed by atoms with E-state index in [4.69, 9.17) is 28.4 Å². The van der Waals surface area contributed by atoms with Gasteiger partial charge in [-0.3, -0.25) is 63.3 Å². The highest BCUT2D eigenvalue weighted by atomic mass is 16.6. The number of benzene rings is 2. The third-order valence-electron chi connectivity index (χ3n) is 9.96. The van der Waals surface area contributed by atoms with Crippen molar-refractivity contribution in [3.63, 3.8) is 0 Å². The molecule has 0 atom stereocenters. The fraction of sp³-hybridized carbons (Fsp3) is 0.558. The first-order valence-corrected chi connectivity index (χ1v) is 21.5. The van der Waals surface area contributed by atoms with E-state index in [2.05, 4.69) is 16.0 Å². The predicted molar refractivity (Wildman–Crippen MR) is 236 cm³/mol. The highest BCUT2D eigenvalue weighted by molar-refractivity contribution is 5.97. The number of amides is 3. The first-order valence-electron chi connectivity index (χ1n) is 21.5. The third kappa shape index (κ3) is 19.8. The fourth-order valence-electron chi connectivity index (χ4n) is 6.52. The normalized spacial score (nSPS) is 14.3. The second-order valence-corrected chi connectivity index (χ2v) is 14.7.